The number of hydrogen-bond acceptors (Lipinski definition) is 5. The van der Waals surface area contributed by atoms with Gasteiger partial charge in [-0.05, 0) is 12.1 Å². The van der Waals surface area contributed by atoms with Gasteiger partial charge in [-0.2, -0.15) is 5.48 Å². The van der Waals surface area contributed by atoms with Crippen molar-refractivity contribution < 1.29 is 14.5 Å². The Balaban J connectivity index is 2.26. The van der Waals surface area contributed by atoms with Gasteiger partial charge in [0.1, 0.15) is 0 Å². The number of nitrogens with zero attached hydrogens (tertiary/aromatic N) is 1. The summed E-state index contributed by atoms with van der Waals surface area (Å²) in [5, 5.41) is 10.6. The molecule has 1 aromatic rings. The Morgan fingerprint density at radius 1 is 1.45 bits per heavy atom. The van der Waals surface area contributed by atoms with E-state index in [2.05, 4.69) is 5.48 Å². The predicted octanol–water partition coefficient (Wildman–Crippen LogP) is 3.06. The smallest absolute Gasteiger partial charge is 0.269 e. The van der Waals surface area contributed by atoms with Gasteiger partial charge in [0, 0.05) is 31.2 Å². The highest BCUT2D eigenvalue weighted by Gasteiger charge is 2.49. The van der Waals surface area contributed by atoms with Crippen molar-refractivity contribution in [3.05, 3.63) is 39.9 Å². The minimum absolute atomic E-state index is 0.0242. The van der Waals surface area contributed by atoms with Gasteiger partial charge in [0.2, 0.25) is 9.58 Å². The first-order valence-electron chi connectivity index (χ1n) is 5.59. The summed E-state index contributed by atoms with van der Waals surface area (Å²) in [6.45, 7) is 0. The molecule has 2 rings (SSSR count). The van der Waals surface area contributed by atoms with Crippen molar-refractivity contribution in [2.45, 2.75) is 22.0 Å². The first-order valence-corrected chi connectivity index (χ1v) is 6.72. The summed E-state index contributed by atoms with van der Waals surface area (Å²) < 4.78 is 3.83. The molecule has 0 aromatic heterocycles. The normalized spacial score (nSPS) is 26.7. The summed E-state index contributed by atoms with van der Waals surface area (Å²) in [5.74, 6) is -1.15. The molecule has 20 heavy (non-hydrogen) atoms. The lowest BCUT2D eigenvalue weighted by Gasteiger charge is -2.26. The van der Waals surface area contributed by atoms with Crippen LogP contribution in [0.5, 0.6) is 0 Å². The fourth-order valence-corrected chi connectivity index (χ4v) is 2.32. The molecule has 1 N–H and O–H groups in total. The van der Waals surface area contributed by atoms with E-state index in [1.807, 2.05) is 0 Å². The van der Waals surface area contributed by atoms with Crippen molar-refractivity contribution in [1.29, 1.82) is 0 Å². The quantitative estimate of drug-likeness (QED) is 0.519. The number of ether oxygens (including phenoxy) is 1. The number of nitro groups is 1. The van der Waals surface area contributed by atoms with Crippen LogP contribution in [0.3, 0.4) is 0 Å². The van der Waals surface area contributed by atoms with Gasteiger partial charge in [-0.15, -0.1) is 0 Å². The van der Waals surface area contributed by atoms with Gasteiger partial charge >= 0.3 is 0 Å². The number of non-ortho nitro benzene ring substituents is 1. The topological polar surface area (TPSA) is 73.6 Å². The molecule has 0 saturated carbocycles. The summed E-state index contributed by atoms with van der Waals surface area (Å²) >= 11 is 17.5. The van der Waals surface area contributed by atoms with Crippen LogP contribution in [-0.4, -0.2) is 21.9 Å². The third-order valence-corrected chi connectivity index (χ3v) is 3.87. The SMILES string of the molecule is CO[C@]1(c2ccc([N+](=O)[O-])cc2)C[C@@H](C(Cl)(Cl)Cl)NO1. The van der Waals surface area contributed by atoms with Gasteiger partial charge in [0.05, 0.1) is 11.0 Å². The molecule has 1 aliphatic rings. The number of halogens is 3. The number of hydrogen-bond donors (Lipinski definition) is 1. The zero-order valence-corrected chi connectivity index (χ0v) is 12.6. The van der Waals surface area contributed by atoms with Crippen LogP contribution in [-0.2, 0) is 15.4 Å². The van der Waals surface area contributed by atoms with E-state index >= 15 is 0 Å². The minimum atomic E-state index is -1.55. The molecule has 9 heteroatoms. The molecular weight excluding hydrogens is 330 g/mol. The summed E-state index contributed by atoms with van der Waals surface area (Å²) in [7, 11) is 1.45. The fourth-order valence-electron chi connectivity index (χ4n) is 1.96. The van der Waals surface area contributed by atoms with Crippen molar-refractivity contribution in [1.82, 2.24) is 5.48 Å². The third-order valence-electron chi connectivity index (χ3n) is 3.08. The number of alkyl halides is 3. The van der Waals surface area contributed by atoms with Gasteiger partial charge in [0.25, 0.3) is 5.69 Å². The molecule has 6 nitrogen and oxygen atoms in total. The van der Waals surface area contributed by atoms with E-state index in [0.717, 1.165) is 0 Å². The lowest BCUT2D eigenvalue weighted by Crippen LogP contribution is -2.34. The predicted molar refractivity (Wildman–Crippen MR) is 74.7 cm³/mol. The lowest BCUT2D eigenvalue weighted by atomic mass is 9.99. The molecule has 110 valence electrons. The minimum Gasteiger partial charge on any atom is -0.348 e. The molecule has 1 aromatic carbocycles. The molecule has 2 atom stereocenters. The zero-order valence-electron chi connectivity index (χ0n) is 10.3. The van der Waals surface area contributed by atoms with Crippen molar-refractivity contribution >= 4 is 40.5 Å². The van der Waals surface area contributed by atoms with Gasteiger partial charge in [0.15, 0.2) is 0 Å². The third kappa shape index (κ3) is 3.00. The maximum atomic E-state index is 10.6. The van der Waals surface area contributed by atoms with Crippen LogP contribution in [0.15, 0.2) is 24.3 Å². The Labute approximate surface area is 130 Å². The standard InChI is InChI=1S/C11H11Cl3N2O4/c1-19-10(6-9(15-20-10)11(12,13)14)7-2-4-8(5-3-7)16(17)18/h2-5,9,15H,6H2,1H3/t9-,10+/m0/s1. The van der Waals surface area contributed by atoms with E-state index in [0.29, 0.717) is 5.56 Å². The average Bonchev–Trinajstić information content (AvgIpc) is 2.84. The van der Waals surface area contributed by atoms with Gasteiger partial charge in [-0.25, -0.2) is 0 Å². The molecular formula is C11H11Cl3N2O4. The van der Waals surface area contributed by atoms with Crippen LogP contribution < -0.4 is 5.48 Å². The van der Waals surface area contributed by atoms with E-state index in [1.54, 1.807) is 12.1 Å². The molecule has 0 bridgehead atoms. The largest absolute Gasteiger partial charge is 0.348 e. The van der Waals surface area contributed by atoms with E-state index in [4.69, 9.17) is 44.4 Å². The summed E-state index contributed by atoms with van der Waals surface area (Å²) in [6, 6.07) is 5.25. The highest BCUT2D eigenvalue weighted by Crippen LogP contribution is 2.43. The van der Waals surface area contributed by atoms with Crippen molar-refractivity contribution in [3.63, 3.8) is 0 Å². The summed E-state index contributed by atoms with van der Waals surface area (Å²) in [5.41, 5.74) is 3.19. The molecule has 1 saturated heterocycles. The molecule has 0 unspecified atom stereocenters. The molecule has 1 fully saturated rings. The lowest BCUT2D eigenvalue weighted by molar-refractivity contribution is -0.384. The zero-order chi connectivity index (χ0) is 15.0. The number of rotatable bonds is 3. The maximum Gasteiger partial charge on any atom is 0.269 e. The second kappa shape index (κ2) is 5.63. The Morgan fingerprint density at radius 2 is 2.05 bits per heavy atom. The summed E-state index contributed by atoms with van der Waals surface area (Å²) in [6.07, 6.45) is 0.248. The van der Waals surface area contributed by atoms with Gasteiger partial charge in [-0.3, -0.25) is 15.0 Å². The van der Waals surface area contributed by atoms with Gasteiger partial charge < -0.3 is 4.74 Å². The summed E-state index contributed by atoms with van der Waals surface area (Å²) in [4.78, 5) is 15.6. The highest BCUT2D eigenvalue weighted by atomic mass is 35.6. The van der Waals surface area contributed by atoms with E-state index in [1.165, 1.54) is 19.2 Å². The van der Waals surface area contributed by atoms with Crippen LogP contribution in [0.4, 0.5) is 5.69 Å². The van der Waals surface area contributed by atoms with Crippen LogP contribution >= 0.6 is 34.8 Å². The van der Waals surface area contributed by atoms with Crippen molar-refractivity contribution in [2.75, 3.05) is 7.11 Å². The van der Waals surface area contributed by atoms with Gasteiger partial charge in [-0.1, -0.05) is 34.8 Å². The molecule has 0 aliphatic carbocycles. The molecule has 0 radical (unpaired) electrons. The monoisotopic (exact) mass is 340 g/mol. The number of hydroxylamine groups is 1. The Morgan fingerprint density at radius 3 is 2.45 bits per heavy atom. The van der Waals surface area contributed by atoms with Crippen molar-refractivity contribution in [2.24, 2.45) is 0 Å². The van der Waals surface area contributed by atoms with Crippen molar-refractivity contribution in [3.8, 4) is 0 Å². The van der Waals surface area contributed by atoms with Crippen LogP contribution in [0, 0.1) is 10.1 Å². The number of nitrogens with one attached hydrogen (secondary N) is 1. The second-order valence-electron chi connectivity index (χ2n) is 4.28. The van der Waals surface area contributed by atoms with E-state index in [-0.39, 0.29) is 12.1 Å². The van der Waals surface area contributed by atoms with Crippen LogP contribution in [0.25, 0.3) is 0 Å². The van der Waals surface area contributed by atoms with E-state index < -0.39 is 20.5 Å². The molecule has 1 heterocycles. The van der Waals surface area contributed by atoms with Crippen LogP contribution in [0.1, 0.15) is 12.0 Å². The molecule has 1 aliphatic heterocycles. The molecule has 0 spiro atoms. The first-order chi connectivity index (χ1) is 9.28. The average molecular weight is 342 g/mol. The molecule has 0 amide bonds. The Bertz CT molecular complexity index is 505. The second-order valence-corrected chi connectivity index (χ2v) is 6.65. The Hall–Kier alpha value is -0.630. The highest BCUT2D eigenvalue weighted by molar-refractivity contribution is 6.68. The first kappa shape index (κ1) is 15.8. The Kier molecular flexibility index (Phi) is 4.44. The maximum absolute atomic E-state index is 10.6. The fraction of sp³-hybridized carbons (Fsp3) is 0.455. The number of methoxy groups -OCH3 is 1. The van der Waals surface area contributed by atoms with E-state index in [9.17, 15) is 10.1 Å². The number of benzene rings is 1. The van der Waals surface area contributed by atoms with Crippen LogP contribution in [0.2, 0.25) is 0 Å². The number of nitro benzene ring substituents is 1.